The number of aromatic amines is 1. The average molecular weight is 253 g/mol. The van der Waals surface area contributed by atoms with Crippen molar-refractivity contribution in [2.45, 2.75) is 19.4 Å². The van der Waals surface area contributed by atoms with Crippen LogP contribution in [0.3, 0.4) is 0 Å². The van der Waals surface area contributed by atoms with Crippen LogP contribution in [0.4, 0.5) is 0 Å². The summed E-state index contributed by atoms with van der Waals surface area (Å²) in [5, 5.41) is 8.96. The van der Waals surface area contributed by atoms with Crippen molar-refractivity contribution in [3.8, 4) is 0 Å². The number of imidazole rings is 1. The third-order valence-electron chi connectivity index (χ3n) is 3.02. The molecule has 1 fully saturated rings. The average Bonchev–Trinajstić information content (AvgIpc) is 2.87. The molecule has 1 aromatic heterocycles. The van der Waals surface area contributed by atoms with Crippen LogP contribution in [0.15, 0.2) is 6.33 Å². The molecule has 0 aromatic carbocycles. The molecule has 0 radical (unpaired) electrons. The molecule has 7 nitrogen and oxygen atoms in total. The monoisotopic (exact) mass is 253 g/mol. The fraction of sp³-hybridized carbons (Fsp3) is 0.545. The van der Waals surface area contributed by atoms with Gasteiger partial charge in [-0.1, -0.05) is 6.92 Å². The van der Waals surface area contributed by atoms with Crippen molar-refractivity contribution < 1.29 is 19.4 Å². The molecule has 0 bridgehead atoms. The van der Waals surface area contributed by atoms with Crippen molar-refractivity contribution in [2.75, 3.05) is 19.8 Å². The van der Waals surface area contributed by atoms with Crippen LogP contribution in [-0.2, 0) is 4.74 Å². The number of amides is 1. The molecule has 98 valence electrons. The lowest BCUT2D eigenvalue weighted by Crippen LogP contribution is -2.48. The minimum Gasteiger partial charge on any atom is -0.477 e. The van der Waals surface area contributed by atoms with Gasteiger partial charge in [0.15, 0.2) is 11.4 Å². The maximum absolute atomic E-state index is 12.3. The van der Waals surface area contributed by atoms with E-state index >= 15 is 0 Å². The largest absolute Gasteiger partial charge is 0.477 e. The van der Waals surface area contributed by atoms with Gasteiger partial charge in [0.05, 0.1) is 25.6 Å². The Bertz CT molecular complexity index is 457. The van der Waals surface area contributed by atoms with E-state index in [0.717, 1.165) is 6.42 Å². The highest BCUT2D eigenvalue weighted by molar-refractivity contribution is 6.02. The highest BCUT2D eigenvalue weighted by atomic mass is 16.5. The molecule has 1 amide bonds. The van der Waals surface area contributed by atoms with E-state index in [1.807, 2.05) is 6.92 Å². The van der Waals surface area contributed by atoms with Crippen molar-refractivity contribution in [1.29, 1.82) is 0 Å². The van der Waals surface area contributed by atoms with E-state index in [0.29, 0.717) is 19.8 Å². The molecule has 0 spiro atoms. The first kappa shape index (κ1) is 12.6. The molecule has 7 heteroatoms. The Morgan fingerprint density at radius 1 is 1.67 bits per heavy atom. The van der Waals surface area contributed by atoms with Gasteiger partial charge >= 0.3 is 5.97 Å². The highest BCUT2D eigenvalue weighted by Crippen LogP contribution is 2.15. The van der Waals surface area contributed by atoms with E-state index in [4.69, 9.17) is 9.84 Å². The minimum absolute atomic E-state index is 0.0235. The van der Waals surface area contributed by atoms with Crippen LogP contribution in [0.5, 0.6) is 0 Å². The summed E-state index contributed by atoms with van der Waals surface area (Å²) in [6, 6.07) is -0.0235. The Kier molecular flexibility index (Phi) is 3.61. The van der Waals surface area contributed by atoms with Crippen LogP contribution in [0.1, 0.15) is 34.3 Å². The zero-order valence-corrected chi connectivity index (χ0v) is 10.0. The van der Waals surface area contributed by atoms with E-state index in [-0.39, 0.29) is 23.3 Å². The van der Waals surface area contributed by atoms with Crippen molar-refractivity contribution in [3.63, 3.8) is 0 Å². The number of carbonyl (C=O) groups is 2. The summed E-state index contributed by atoms with van der Waals surface area (Å²) in [6.07, 6.45) is 1.98. The standard InChI is InChI=1S/C11H15N3O4/c1-2-7-5-18-4-3-14(7)10(15)8-9(11(16)17)13-6-12-8/h6-7H,2-5H2,1H3,(H,12,13)(H,16,17). The van der Waals surface area contributed by atoms with Crippen molar-refractivity contribution >= 4 is 11.9 Å². The van der Waals surface area contributed by atoms with Gasteiger partial charge in [0.1, 0.15) is 0 Å². The van der Waals surface area contributed by atoms with Gasteiger partial charge in [-0.2, -0.15) is 0 Å². The number of hydrogen-bond acceptors (Lipinski definition) is 4. The molecule has 1 atom stereocenters. The number of carbonyl (C=O) groups excluding carboxylic acids is 1. The number of aromatic carboxylic acids is 1. The maximum atomic E-state index is 12.3. The van der Waals surface area contributed by atoms with Crippen LogP contribution >= 0.6 is 0 Å². The summed E-state index contributed by atoms with van der Waals surface area (Å²) >= 11 is 0. The summed E-state index contributed by atoms with van der Waals surface area (Å²) in [5.41, 5.74) is -0.204. The fourth-order valence-corrected chi connectivity index (χ4v) is 2.02. The minimum atomic E-state index is -1.18. The number of H-pyrrole nitrogens is 1. The number of nitrogens with zero attached hydrogens (tertiary/aromatic N) is 2. The molecule has 2 N–H and O–H groups in total. The van der Waals surface area contributed by atoms with Gasteiger partial charge in [-0.25, -0.2) is 9.78 Å². The number of hydrogen-bond donors (Lipinski definition) is 2. The van der Waals surface area contributed by atoms with Gasteiger partial charge in [-0.15, -0.1) is 0 Å². The normalized spacial score (nSPS) is 19.8. The number of nitrogens with one attached hydrogen (secondary N) is 1. The van der Waals surface area contributed by atoms with Crippen LogP contribution in [0.25, 0.3) is 0 Å². The molecular weight excluding hydrogens is 238 g/mol. The number of morpholine rings is 1. The van der Waals surface area contributed by atoms with Gasteiger partial charge < -0.3 is 19.7 Å². The van der Waals surface area contributed by atoms with Crippen molar-refractivity contribution in [2.24, 2.45) is 0 Å². The molecule has 1 aliphatic rings. The van der Waals surface area contributed by atoms with Crippen molar-refractivity contribution in [1.82, 2.24) is 14.9 Å². The maximum Gasteiger partial charge on any atom is 0.354 e. The first-order valence-electron chi connectivity index (χ1n) is 5.80. The molecule has 2 heterocycles. The molecule has 2 rings (SSSR count). The third kappa shape index (κ3) is 2.21. The summed E-state index contributed by atoms with van der Waals surface area (Å²) in [4.78, 5) is 31.1. The predicted molar refractivity (Wildman–Crippen MR) is 61.5 cm³/mol. The quantitative estimate of drug-likeness (QED) is 0.810. The van der Waals surface area contributed by atoms with Gasteiger partial charge in [0, 0.05) is 6.54 Å². The Hall–Kier alpha value is -1.89. The second-order valence-electron chi connectivity index (χ2n) is 4.07. The highest BCUT2D eigenvalue weighted by Gasteiger charge is 2.30. The van der Waals surface area contributed by atoms with E-state index in [9.17, 15) is 9.59 Å². The number of carboxylic acid groups (broad SMARTS) is 1. The van der Waals surface area contributed by atoms with E-state index in [1.54, 1.807) is 4.90 Å². The zero-order valence-electron chi connectivity index (χ0n) is 10.0. The fourth-order valence-electron chi connectivity index (χ4n) is 2.02. The van der Waals surface area contributed by atoms with Crippen LogP contribution in [0, 0.1) is 0 Å². The van der Waals surface area contributed by atoms with E-state index in [2.05, 4.69) is 9.97 Å². The van der Waals surface area contributed by atoms with Gasteiger partial charge in [0.25, 0.3) is 5.91 Å². The Labute approximate surface area is 104 Å². The predicted octanol–water partition coefficient (Wildman–Crippen LogP) is 0.359. The molecular formula is C11H15N3O4. The SMILES string of the molecule is CCC1COCCN1C(=O)c1nc[nH]c1C(=O)O. The smallest absolute Gasteiger partial charge is 0.354 e. The summed E-state index contributed by atoms with van der Waals surface area (Å²) in [5.74, 6) is -1.54. The molecule has 18 heavy (non-hydrogen) atoms. The van der Waals surface area contributed by atoms with E-state index < -0.39 is 5.97 Å². The van der Waals surface area contributed by atoms with Crippen molar-refractivity contribution in [3.05, 3.63) is 17.7 Å². The van der Waals surface area contributed by atoms with Crippen LogP contribution in [-0.4, -0.2) is 57.7 Å². The number of rotatable bonds is 3. The lowest BCUT2D eigenvalue weighted by Gasteiger charge is -2.34. The van der Waals surface area contributed by atoms with E-state index in [1.165, 1.54) is 6.33 Å². The second kappa shape index (κ2) is 5.18. The topological polar surface area (TPSA) is 95.5 Å². The molecule has 0 saturated carbocycles. The van der Waals surface area contributed by atoms with Gasteiger partial charge in [0.2, 0.25) is 0 Å². The molecule has 1 saturated heterocycles. The Balaban J connectivity index is 2.24. The number of ether oxygens (including phenoxy) is 1. The molecule has 1 unspecified atom stereocenters. The van der Waals surface area contributed by atoms with Crippen LogP contribution < -0.4 is 0 Å². The van der Waals surface area contributed by atoms with Gasteiger partial charge in [-0.05, 0) is 6.42 Å². The lowest BCUT2D eigenvalue weighted by atomic mass is 10.1. The third-order valence-corrected chi connectivity index (χ3v) is 3.02. The first-order valence-corrected chi connectivity index (χ1v) is 5.80. The molecule has 0 aliphatic carbocycles. The summed E-state index contributed by atoms with van der Waals surface area (Å²) < 4.78 is 5.31. The summed E-state index contributed by atoms with van der Waals surface area (Å²) in [7, 11) is 0. The number of carboxylic acids is 1. The number of aromatic nitrogens is 2. The Morgan fingerprint density at radius 2 is 2.44 bits per heavy atom. The first-order chi connectivity index (χ1) is 8.65. The summed E-state index contributed by atoms with van der Waals surface area (Å²) in [6.45, 7) is 3.37. The molecule has 1 aromatic rings. The molecule has 1 aliphatic heterocycles. The van der Waals surface area contributed by atoms with Crippen LogP contribution in [0.2, 0.25) is 0 Å². The van der Waals surface area contributed by atoms with Gasteiger partial charge in [-0.3, -0.25) is 4.79 Å². The Morgan fingerprint density at radius 3 is 3.11 bits per heavy atom. The second-order valence-corrected chi connectivity index (χ2v) is 4.07. The zero-order chi connectivity index (χ0) is 13.1. The lowest BCUT2D eigenvalue weighted by molar-refractivity contribution is -0.00319.